The van der Waals surface area contributed by atoms with Crippen LogP contribution in [0.5, 0.6) is 0 Å². The quantitative estimate of drug-likeness (QED) is 0.713. The Morgan fingerprint density at radius 1 is 1.44 bits per heavy atom. The van der Waals surface area contributed by atoms with Gasteiger partial charge in [0.05, 0.1) is 11.9 Å². The number of rotatable bonds is 1. The fourth-order valence-corrected chi connectivity index (χ4v) is 2.17. The Labute approximate surface area is 92.9 Å². The third kappa shape index (κ3) is 1.51. The van der Waals surface area contributed by atoms with E-state index in [4.69, 9.17) is 5.73 Å². The number of anilines is 1. The summed E-state index contributed by atoms with van der Waals surface area (Å²) >= 11 is 0. The van der Waals surface area contributed by atoms with E-state index < -0.39 is 0 Å². The Bertz CT molecular complexity index is 499. The van der Waals surface area contributed by atoms with Crippen LogP contribution in [0, 0.1) is 0 Å². The lowest BCUT2D eigenvalue weighted by molar-refractivity contribution is 0.444. The lowest BCUT2D eigenvalue weighted by atomic mass is 9.99. The van der Waals surface area contributed by atoms with Gasteiger partial charge in [0.2, 0.25) is 0 Å². The van der Waals surface area contributed by atoms with Gasteiger partial charge in [0.15, 0.2) is 0 Å². The molecule has 1 fully saturated rings. The second kappa shape index (κ2) is 3.71. The molecule has 0 bridgehead atoms. The van der Waals surface area contributed by atoms with Crippen LogP contribution in [0.3, 0.4) is 0 Å². The highest BCUT2D eigenvalue weighted by Gasteiger charge is 2.20. The summed E-state index contributed by atoms with van der Waals surface area (Å²) < 4.78 is 1.90. The Balaban J connectivity index is 2.05. The van der Waals surface area contributed by atoms with Crippen LogP contribution in [0.4, 0.5) is 5.69 Å². The van der Waals surface area contributed by atoms with Gasteiger partial charge in [-0.15, -0.1) is 10.2 Å². The third-order valence-electron chi connectivity index (χ3n) is 2.97. The zero-order valence-electron chi connectivity index (χ0n) is 8.93. The van der Waals surface area contributed by atoms with Crippen molar-refractivity contribution in [2.24, 2.45) is 0 Å². The molecule has 1 aliphatic rings. The Morgan fingerprint density at radius 3 is 3.19 bits per heavy atom. The summed E-state index contributed by atoms with van der Waals surface area (Å²) in [4.78, 5) is 4.14. The first-order chi connectivity index (χ1) is 7.84. The standard InChI is InChI=1S/C10H14N6/c11-8-5-13-10-15-14-9(16(10)6-8)7-2-1-3-12-4-7/h5-7,12H,1-4,11H2. The van der Waals surface area contributed by atoms with Gasteiger partial charge in [-0.3, -0.25) is 4.40 Å². The molecule has 2 aromatic rings. The number of nitrogens with two attached hydrogens (primary N) is 1. The Hall–Kier alpha value is -1.69. The lowest BCUT2D eigenvalue weighted by Crippen LogP contribution is -2.29. The molecule has 0 radical (unpaired) electrons. The highest BCUT2D eigenvalue weighted by Crippen LogP contribution is 2.21. The molecule has 16 heavy (non-hydrogen) atoms. The first kappa shape index (κ1) is 9.53. The summed E-state index contributed by atoms with van der Waals surface area (Å²) in [5.74, 6) is 1.99. The predicted octanol–water partition coefficient (Wildman–Crippen LogP) is 0.173. The van der Waals surface area contributed by atoms with Crippen molar-refractivity contribution in [2.45, 2.75) is 18.8 Å². The second-order valence-electron chi connectivity index (χ2n) is 4.16. The van der Waals surface area contributed by atoms with E-state index in [0.717, 1.165) is 25.3 Å². The van der Waals surface area contributed by atoms with Crippen molar-refractivity contribution in [2.75, 3.05) is 18.8 Å². The largest absolute Gasteiger partial charge is 0.396 e. The maximum Gasteiger partial charge on any atom is 0.255 e. The molecule has 1 aliphatic heterocycles. The summed E-state index contributed by atoms with van der Waals surface area (Å²) in [6.07, 6.45) is 5.76. The number of hydrogen-bond donors (Lipinski definition) is 2. The van der Waals surface area contributed by atoms with Crippen molar-refractivity contribution in [3.63, 3.8) is 0 Å². The number of aromatic nitrogens is 4. The minimum absolute atomic E-state index is 0.410. The number of nitrogens with zero attached hydrogens (tertiary/aromatic N) is 4. The molecule has 0 amide bonds. The topological polar surface area (TPSA) is 81.1 Å². The molecule has 1 unspecified atom stereocenters. The minimum Gasteiger partial charge on any atom is -0.396 e. The van der Waals surface area contributed by atoms with Gasteiger partial charge in [-0.2, -0.15) is 0 Å². The molecule has 0 saturated carbocycles. The van der Waals surface area contributed by atoms with Crippen molar-refractivity contribution in [1.82, 2.24) is 24.9 Å². The van der Waals surface area contributed by atoms with Crippen LogP contribution in [-0.4, -0.2) is 32.7 Å². The normalized spacial score (nSPS) is 21.4. The number of nitrogens with one attached hydrogen (secondary N) is 1. The molecule has 3 rings (SSSR count). The average Bonchev–Trinajstić information content (AvgIpc) is 2.73. The van der Waals surface area contributed by atoms with Crippen molar-refractivity contribution in [3.05, 3.63) is 18.2 Å². The smallest absolute Gasteiger partial charge is 0.255 e. The van der Waals surface area contributed by atoms with Crippen LogP contribution in [0.1, 0.15) is 24.6 Å². The van der Waals surface area contributed by atoms with Crippen LogP contribution in [-0.2, 0) is 0 Å². The highest BCUT2D eigenvalue weighted by atomic mass is 15.3. The van der Waals surface area contributed by atoms with E-state index in [1.54, 1.807) is 6.20 Å². The van der Waals surface area contributed by atoms with E-state index in [9.17, 15) is 0 Å². The van der Waals surface area contributed by atoms with Gasteiger partial charge in [0, 0.05) is 18.7 Å². The van der Waals surface area contributed by atoms with Gasteiger partial charge in [0.25, 0.3) is 5.78 Å². The van der Waals surface area contributed by atoms with Gasteiger partial charge in [-0.1, -0.05) is 0 Å². The molecule has 6 nitrogen and oxygen atoms in total. The predicted molar refractivity (Wildman–Crippen MR) is 60.0 cm³/mol. The Kier molecular flexibility index (Phi) is 2.21. The van der Waals surface area contributed by atoms with Crippen LogP contribution < -0.4 is 11.1 Å². The SMILES string of the molecule is Nc1cnc2nnc(C3CCCNC3)n2c1. The summed E-state index contributed by atoms with van der Waals surface area (Å²) in [6.45, 7) is 2.04. The molecule has 3 heterocycles. The van der Waals surface area contributed by atoms with E-state index in [-0.39, 0.29) is 0 Å². The van der Waals surface area contributed by atoms with Gasteiger partial charge in [-0.25, -0.2) is 4.98 Å². The molecule has 84 valence electrons. The first-order valence-corrected chi connectivity index (χ1v) is 5.51. The van der Waals surface area contributed by atoms with Gasteiger partial charge in [-0.05, 0) is 19.4 Å². The molecular weight excluding hydrogens is 204 g/mol. The summed E-state index contributed by atoms with van der Waals surface area (Å²) in [5.41, 5.74) is 6.36. The van der Waals surface area contributed by atoms with Crippen LogP contribution in [0.2, 0.25) is 0 Å². The van der Waals surface area contributed by atoms with Gasteiger partial charge in [0.1, 0.15) is 5.82 Å². The molecule has 0 spiro atoms. The van der Waals surface area contributed by atoms with Crippen LogP contribution >= 0.6 is 0 Å². The average molecular weight is 218 g/mol. The molecule has 1 saturated heterocycles. The number of hydrogen-bond acceptors (Lipinski definition) is 5. The minimum atomic E-state index is 0.410. The van der Waals surface area contributed by atoms with E-state index in [0.29, 0.717) is 17.4 Å². The molecule has 0 aliphatic carbocycles. The van der Waals surface area contributed by atoms with E-state index in [2.05, 4.69) is 20.5 Å². The van der Waals surface area contributed by atoms with Gasteiger partial charge >= 0.3 is 0 Å². The summed E-state index contributed by atoms with van der Waals surface area (Å²) in [6, 6.07) is 0. The molecule has 1 atom stereocenters. The monoisotopic (exact) mass is 218 g/mol. The molecule has 6 heteroatoms. The molecule has 0 aromatic carbocycles. The maximum absolute atomic E-state index is 5.73. The van der Waals surface area contributed by atoms with E-state index in [1.165, 1.54) is 6.42 Å². The zero-order chi connectivity index (χ0) is 11.0. The van der Waals surface area contributed by atoms with E-state index >= 15 is 0 Å². The maximum atomic E-state index is 5.73. The van der Waals surface area contributed by atoms with Crippen molar-refractivity contribution in [1.29, 1.82) is 0 Å². The summed E-state index contributed by atoms with van der Waals surface area (Å²) in [7, 11) is 0. The summed E-state index contributed by atoms with van der Waals surface area (Å²) in [5, 5.41) is 11.6. The van der Waals surface area contributed by atoms with Crippen molar-refractivity contribution < 1.29 is 0 Å². The number of fused-ring (bicyclic) bond motifs is 1. The van der Waals surface area contributed by atoms with Crippen molar-refractivity contribution in [3.8, 4) is 0 Å². The van der Waals surface area contributed by atoms with Crippen molar-refractivity contribution >= 4 is 11.5 Å². The molecule has 2 aromatic heterocycles. The third-order valence-corrected chi connectivity index (χ3v) is 2.97. The van der Waals surface area contributed by atoms with Crippen LogP contribution in [0.25, 0.3) is 5.78 Å². The second-order valence-corrected chi connectivity index (χ2v) is 4.16. The molecule has 3 N–H and O–H groups in total. The lowest BCUT2D eigenvalue weighted by Gasteiger charge is -2.20. The number of piperidine rings is 1. The highest BCUT2D eigenvalue weighted by molar-refractivity contribution is 5.39. The Morgan fingerprint density at radius 2 is 2.38 bits per heavy atom. The first-order valence-electron chi connectivity index (χ1n) is 5.51. The fraction of sp³-hybridized carbons (Fsp3) is 0.500. The molecular formula is C10H14N6. The zero-order valence-corrected chi connectivity index (χ0v) is 8.93. The fourth-order valence-electron chi connectivity index (χ4n) is 2.17. The van der Waals surface area contributed by atoms with Gasteiger partial charge < -0.3 is 11.1 Å². The van der Waals surface area contributed by atoms with Crippen LogP contribution in [0.15, 0.2) is 12.4 Å². The van der Waals surface area contributed by atoms with E-state index in [1.807, 2.05) is 10.6 Å². The number of nitrogen functional groups attached to an aromatic ring is 1.